The molecule has 0 radical (unpaired) electrons. The van der Waals surface area contributed by atoms with Gasteiger partial charge in [-0.1, -0.05) is 42.5 Å². The number of para-hydroxylation sites is 1. The molecule has 2 rings (SSSR count). The summed E-state index contributed by atoms with van der Waals surface area (Å²) in [5.74, 6) is 0.632. The molecule has 0 spiro atoms. The number of phenolic OH excluding ortho intramolecular Hbond substituents is 1. The molecule has 0 bridgehead atoms. The van der Waals surface area contributed by atoms with Gasteiger partial charge in [0.1, 0.15) is 0 Å². The second kappa shape index (κ2) is 7.67. The van der Waals surface area contributed by atoms with Crippen molar-refractivity contribution in [3.05, 3.63) is 59.7 Å². The summed E-state index contributed by atoms with van der Waals surface area (Å²) in [7, 11) is 1.54. The highest BCUT2D eigenvalue weighted by atomic mass is 16.5. The van der Waals surface area contributed by atoms with Gasteiger partial charge in [0.2, 0.25) is 0 Å². The maximum atomic E-state index is 10.2. The van der Waals surface area contributed by atoms with Crippen LogP contribution in [-0.4, -0.2) is 35.4 Å². The van der Waals surface area contributed by atoms with Gasteiger partial charge in [-0.25, -0.2) is 0 Å². The van der Waals surface area contributed by atoms with E-state index in [4.69, 9.17) is 4.74 Å². The van der Waals surface area contributed by atoms with Gasteiger partial charge in [0.25, 0.3) is 0 Å². The van der Waals surface area contributed by atoms with Crippen LogP contribution in [0.15, 0.2) is 48.5 Å². The molecule has 0 saturated carbocycles. The zero-order chi connectivity index (χ0) is 15.1. The smallest absolute Gasteiger partial charge is 0.162 e. The van der Waals surface area contributed by atoms with Crippen LogP contribution in [0, 0.1) is 0 Å². The second-order valence-corrected chi connectivity index (χ2v) is 4.89. The fourth-order valence-corrected chi connectivity index (χ4v) is 2.30. The van der Waals surface area contributed by atoms with Gasteiger partial charge in [0.05, 0.1) is 13.7 Å². The summed E-state index contributed by atoms with van der Waals surface area (Å²) in [6, 6.07) is 15.5. The van der Waals surface area contributed by atoms with Crippen LogP contribution >= 0.6 is 0 Å². The second-order valence-electron chi connectivity index (χ2n) is 4.89. The molecule has 0 aliphatic heterocycles. The summed E-state index contributed by atoms with van der Waals surface area (Å²) in [4.78, 5) is 2.09. The lowest BCUT2D eigenvalue weighted by Gasteiger charge is -2.22. The minimum atomic E-state index is 0.0809. The lowest BCUT2D eigenvalue weighted by atomic mass is 10.1. The molecule has 4 heteroatoms. The van der Waals surface area contributed by atoms with E-state index >= 15 is 0 Å². The molecule has 21 heavy (non-hydrogen) atoms. The van der Waals surface area contributed by atoms with Crippen LogP contribution in [0.25, 0.3) is 0 Å². The molecule has 0 heterocycles. The van der Waals surface area contributed by atoms with Gasteiger partial charge in [0, 0.05) is 25.2 Å². The summed E-state index contributed by atoms with van der Waals surface area (Å²) >= 11 is 0. The SMILES string of the molecule is COc1cccc(CN(CCO)Cc2ccccc2)c1O. The highest BCUT2D eigenvalue weighted by Gasteiger charge is 2.12. The van der Waals surface area contributed by atoms with E-state index < -0.39 is 0 Å². The van der Waals surface area contributed by atoms with Crippen molar-refractivity contribution in [3.63, 3.8) is 0 Å². The third-order valence-corrected chi connectivity index (χ3v) is 3.36. The Kier molecular flexibility index (Phi) is 5.60. The lowest BCUT2D eigenvalue weighted by molar-refractivity contribution is 0.182. The van der Waals surface area contributed by atoms with Crippen LogP contribution in [-0.2, 0) is 13.1 Å². The van der Waals surface area contributed by atoms with E-state index in [1.165, 1.54) is 12.7 Å². The number of hydrogen-bond donors (Lipinski definition) is 2. The number of aromatic hydroxyl groups is 1. The molecule has 0 aliphatic carbocycles. The Hall–Kier alpha value is -2.04. The third-order valence-electron chi connectivity index (χ3n) is 3.36. The maximum Gasteiger partial charge on any atom is 0.162 e. The molecule has 0 aliphatic rings. The van der Waals surface area contributed by atoms with E-state index in [1.807, 2.05) is 30.3 Å². The first-order valence-corrected chi connectivity index (χ1v) is 6.96. The van der Waals surface area contributed by atoms with Gasteiger partial charge in [-0.2, -0.15) is 0 Å². The van der Waals surface area contributed by atoms with Crippen molar-refractivity contribution in [1.82, 2.24) is 4.90 Å². The Morgan fingerprint density at radius 2 is 1.76 bits per heavy atom. The number of benzene rings is 2. The average Bonchev–Trinajstić information content (AvgIpc) is 2.50. The molecule has 112 valence electrons. The van der Waals surface area contributed by atoms with Crippen molar-refractivity contribution in [2.24, 2.45) is 0 Å². The Morgan fingerprint density at radius 3 is 2.43 bits per heavy atom. The van der Waals surface area contributed by atoms with Crippen molar-refractivity contribution in [1.29, 1.82) is 0 Å². The average molecular weight is 287 g/mol. The van der Waals surface area contributed by atoms with E-state index in [1.54, 1.807) is 6.07 Å². The van der Waals surface area contributed by atoms with Gasteiger partial charge in [0.15, 0.2) is 11.5 Å². The summed E-state index contributed by atoms with van der Waals surface area (Å²) < 4.78 is 5.13. The standard InChI is InChI=1S/C17H21NO3/c1-21-16-9-5-8-15(17(16)20)13-18(10-11-19)12-14-6-3-2-4-7-14/h2-9,19-20H,10-13H2,1H3. The quantitative estimate of drug-likeness (QED) is 0.821. The van der Waals surface area contributed by atoms with Crippen LogP contribution in [0.1, 0.15) is 11.1 Å². The molecule has 0 atom stereocenters. The molecule has 0 unspecified atom stereocenters. The van der Waals surface area contributed by atoms with Gasteiger partial charge in [-0.15, -0.1) is 0 Å². The zero-order valence-corrected chi connectivity index (χ0v) is 12.2. The number of aliphatic hydroxyl groups is 1. The van der Waals surface area contributed by atoms with Crippen molar-refractivity contribution in [2.75, 3.05) is 20.3 Å². The Morgan fingerprint density at radius 1 is 1.00 bits per heavy atom. The fourth-order valence-electron chi connectivity index (χ4n) is 2.30. The number of aliphatic hydroxyl groups excluding tert-OH is 1. The lowest BCUT2D eigenvalue weighted by Crippen LogP contribution is -2.26. The topological polar surface area (TPSA) is 52.9 Å². The monoisotopic (exact) mass is 287 g/mol. The molecule has 0 saturated heterocycles. The molecule has 2 aromatic carbocycles. The largest absolute Gasteiger partial charge is 0.504 e. The normalized spacial score (nSPS) is 10.8. The first-order chi connectivity index (χ1) is 10.2. The highest BCUT2D eigenvalue weighted by Crippen LogP contribution is 2.30. The number of hydrogen-bond acceptors (Lipinski definition) is 4. The van der Waals surface area contributed by atoms with Gasteiger partial charge < -0.3 is 14.9 Å². The van der Waals surface area contributed by atoms with Crippen molar-refractivity contribution >= 4 is 0 Å². The summed E-state index contributed by atoms with van der Waals surface area (Å²) in [6.07, 6.45) is 0. The molecular formula is C17H21NO3. The number of rotatable bonds is 7. The molecule has 2 N–H and O–H groups in total. The molecule has 0 amide bonds. The van der Waals surface area contributed by atoms with Crippen molar-refractivity contribution < 1.29 is 14.9 Å². The Labute approximate surface area is 125 Å². The Balaban J connectivity index is 2.13. The third kappa shape index (κ3) is 4.21. The van der Waals surface area contributed by atoms with Gasteiger partial charge in [-0.3, -0.25) is 4.90 Å². The van der Waals surface area contributed by atoms with Crippen LogP contribution in [0.4, 0.5) is 0 Å². The molecule has 0 aromatic heterocycles. The number of ether oxygens (including phenoxy) is 1. The van der Waals surface area contributed by atoms with E-state index in [0.29, 0.717) is 18.8 Å². The predicted molar refractivity (Wildman–Crippen MR) is 82.3 cm³/mol. The van der Waals surface area contributed by atoms with E-state index in [0.717, 1.165) is 12.1 Å². The minimum absolute atomic E-state index is 0.0809. The minimum Gasteiger partial charge on any atom is -0.504 e. The zero-order valence-electron chi connectivity index (χ0n) is 12.2. The molecule has 0 fully saturated rings. The Bertz CT molecular complexity index is 557. The van der Waals surface area contributed by atoms with Crippen LogP contribution < -0.4 is 4.74 Å². The summed E-state index contributed by atoms with van der Waals surface area (Å²) in [5, 5.41) is 19.4. The predicted octanol–water partition coefficient (Wildman–Crippen LogP) is 2.40. The highest BCUT2D eigenvalue weighted by molar-refractivity contribution is 5.45. The number of methoxy groups -OCH3 is 1. The fraction of sp³-hybridized carbons (Fsp3) is 0.294. The van der Waals surface area contributed by atoms with E-state index in [-0.39, 0.29) is 12.4 Å². The van der Waals surface area contributed by atoms with Gasteiger partial charge in [-0.05, 0) is 11.6 Å². The maximum absolute atomic E-state index is 10.2. The van der Waals surface area contributed by atoms with Crippen molar-refractivity contribution in [3.8, 4) is 11.5 Å². The summed E-state index contributed by atoms with van der Waals surface area (Å²) in [6.45, 7) is 1.90. The molecular weight excluding hydrogens is 266 g/mol. The molecule has 2 aromatic rings. The first kappa shape index (κ1) is 15.4. The summed E-state index contributed by atoms with van der Waals surface area (Å²) in [5.41, 5.74) is 1.96. The van der Waals surface area contributed by atoms with Gasteiger partial charge >= 0.3 is 0 Å². The van der Waals surface area contributed by atoms with E-state index in [9.17, 15) is 10.2 Å². The van der Waals surface area contributed by atoms with Crippen molar-refractivity contribution in [2.45, 2.75) is 13.1 Å². The van der Waals surface area contributed by atoms with Crippen LogP contribution in [0.5, 0.6) is 11.5 Å². The number of nitrogens with zero attached hydrogens (tertiary/aromatic N) is 1. The first-order valence-electron chi connectivity index (χ1n) is 6.96. The van der Waals surface area contributed by atoms with E-state index in [2.05, 4.69) is 17.0 Å². The number of phenols is 1. The molecule has 4 nitrogen and oxygen atoms in total. The van der Waals surface area contributed by atoms with Crippen LogP contribution in [0.2, 0.25) is 0 Å². The van der Waals surface area contributed by atoms with Crippen LogP contribution in [0.3, 0.4) is 0 Å².